The molecule has 1 aromatic rings. The summed E-state index contributed by atoms with van der Waals surface area (Å²) in [6.07, 6.45) is 4.70. The Kier molecular flexibility index (Phi) is 7.70. The molecule has 0 aliphatic rings. The first-order valence-corrected chi connectivity index (χ1v) is 7.05. The molecule has 1 aromatic carbocycles. The van der Waals surface area contributed by atoms with Crippen molar-refractivity contribution in [3.63, 3.8) is 0 Å². The van der Waals surface area contributed by atoms with Gasteiger partial charge in [-0.1, -0.05) is 43.7 Å². The van der Waals surface area contributed by atoms with Crippen LogP contribution in [0.1, 0.15) is 38.7 Å². The summed E-state index contributed by atoms with van der Waals surface area (Å²) in [6, 6.07) is 11.7. The number of aryl methyl sites for hydroxylation is 1. The maximum absolute atomic E-state index is 5.26. The van der Waals surface area contributed by atoms with Crippen LogP contribution in [0.15, 0.2) is 30.3 Å². The van der Waals surface area contributed by atoms with Gasteiger partial charge in [-0.25, -0.2) is 0 Å². The number of hydrogen-bond donors (Lipinski definition) is 1. The fourth-order valence-corrected chi connectivity index (χ4v) is 2.28. The standard InChI is InChI=1S/C16H27NO/c1-4-8-16(13-18-3)17-14(2)11-12-15-9-6-5-7-10-15/h5-7,9-10,14,16-17H,4,8,11-13H2,1-3H3. The molecule has 1 N–H and O–H groups in total. The quantitative estimate of drug-likeness (QED) is 0.724. The van der Waals surface area contributed by atoms with Crippen molar-refractivity contribution < 1.29 is 4.74 Å². The minimum absolute atomic E-state index is 0.491. The van der Waals surface area contributed by atoms with Crippen molar-refractivity contribution in [1.82, 2.24) is 5.32 Å². The van der Waals surface area contributed by atoms with Crippen LogP contribution in [0.5, 0.6) is 0 Å². The Balaban J connectivity index is 2.29. The molecule has 0 heterocycles. The molecule has 0 saturated carbocycles. The highest BCUT2D eigenvalue weighted by atomic mass is 16.5. The average molecular weight is 249 g/mol. The molecule has 0 aromatic heterocycles. The molecule has 0 spiro atoms. The molecule has 0 aliphatic heterocycles. The Hall–Kier alpha value is -0.860. The van der Waals surface area contributed by atoms with Crippen molar-refractivity contribution >= 4 is 0 Å². The monoisotopic (exact) mass is 249 g/mol. The Morgan fingerprint density at radius 2 is 1.89 bits per heavy atom. The van der Waals surface area contributed by atoms with Gasteiger partial charge in [-0.15, -0.1) is 0 Å². The van der Waals surface area contributed by atoms with Crippen molar-refractivity contribution in [2.24, 2.45) is 0 Å². The van der Waals surface area contributed by atoms with Crippen molar-refractivity contribution in [3.05, 3.63) is 35.9 Å². The number of methoxy groups -OCH3 is 1. The lowest BCUT2D eigenvalue weighted by molar-refractivity contribution is 0.156. The topological polar surface area (TPSA) is 21.3 Å². The molecule has 0 amide bonds. The number of rotatable bonds is 9. The third kappa shape index (κ3) is 6.18. The molecule has 2 heteroatoms. The molecule has 2 nitrogen and oxygen atoms in total. The molecule has 0 bridgehead atoms. The predicted octanol–water partition coefficient (Wildman–Crippen LogP) is 3.41. The van der Waals surface area contributed by atoms with E-state index in [0.717, 1.165) is 13.0 Å². The van der Waals surface area contributed by atoms with Crippen molar-refractivity contribution in [2.75, 3.05) is 13.7 Å². The summed E-state index contributed by atoms with van der Waals surface area (Å²) in [7, 11) is 1.78. The second-order valence-corrected chi connectivity index (χ2v) is 5.03. The van der Waals surface area contributed by atoms with Gasteiger partial charge >= 0.3 is 0 Å². The zero-order valence-electron chi connectivity index (χ0n) is 12.0. The van der Waals surface area contributed by atoms with E-state index in [9.17, 15) is 0 Å². The molecular formula is C16H27NO. The first kappa shape index (κ1) is 15.2. The third-order valence-corrected chi connectivity index (χ3v) is 3.23. The fraction of sp³-hybridized carbons (Fsp3) is 0.625. The van der Waals surface area contributed by atoms with Crippen LogP contribution in [-0.4, -0.2) is 25.8 Å². The van der Waals surface area contributed by atoms with Gasteiger partial charge in [0.2, 0.25) is 0 Å². The summed E-state index contributed by atoms with van der Waals surface area (Å²) in [5.74, 6) is 0. The van der Waals surface area contributed by atoms with E-state index in [1.54, 1.807) is 7.11 Å². The summed E-state index contributed by atoms with van der Waals surface area (Å²) < 4.78 is 5.26. The number of hydrogen-bond acceptors (Lipinski definition) is 2. The molecule has 0 aliphatic carbocycles. The second-order valence-electron chi connectivity index (χ2n) is 5.03. The largest absolute Gasteiger partial charge is 0.383 e. The van der Waals surface area contributed by atoms with Crippen LogP contribution in [0.25, 0.3) is 0 Å². The van der Waals surface area contributed by atoms with Crippen LogP contribution in [0.3, 0.4) is 0 Å². The fourth-order valence-electron chi connectivity index (χ4n) is 2.28. The van der Waals surface area contributed by atoms with E-state index in [-0.39, 0.29) is 0 Å². The van der Waals surface area contributed by atoms with Gasteiger partial charge in [0.15, 0.2) is 0 Å². The molecule has 18 heavy (non-hydrogen) atoms. The van der Waals surface area contributed by atoms with E-state index in [2.05, 4.69) is 49.5 Å². The molecule has 2 unspecified atom stereocenters. The van der Waals surface area contributed by atoms with Gasteiger partial charge in [0.25, 0.3) is 0 Å². The predicted molar refractivity (Wildman–Crippen MR) is 77.9 cm³/mol. The van der Waals surface area contributed by atoms with Crippen molar-refractivity contribution in [2.45, 2.75) is 51.6 Å². The SMILES string of the molecule is CCCC(COC)NC(C)CCc1ccccc1. The zero-order chi connectivity index (χ0) is 13.2. The number of ether oxygens (including phenoxy) is 1. The normalized spacial score (nSPS) is 14.4. The van der Waals surface area contributed by atoms with Crippen molar-refractivity contribution in [3.8, 4) is 0 Å². The summed E-state index contributed by atoms with van der Waals surface area (Å²) >= 11 is 0. The smallest absolute Gasteiger partial charge is 0.0615 e. The molecular weight excluding hydrogens is 222 g/mol. The van der Waals surface area contributed by atoms with Crippen LogP contribution in [0.2, 0.25) is 0 Å². The second kappa shape index (κ2) is 9.12. The van der Waals surface area contributed by atoms with Gasteiger partial charge in [0.1, 0.15) is 0 Å². The first-order chi connectivity index (χ1) is 8.76. The highest BCUT2D eigenvalue weighted by Crippen LogP contribution is 2.06. The molecule has 102 valence electrons. The van der Waals surface area contributed by atoms with Gasteiger partial charge in [-0.05, 0) is 31.7 Å². The summed E-state index contributed by atoms with van der Waals surface area (Å²) in [5, 5.41) is 3.66. The Labute approximate surface area is 112 Å². The van der Waals surface area contributed by atoms with Crippen LogP contribution in [0.4, 0.5) is 0 Å². The lowest BCUT2D eigenvalue weighted by Crippen LogP contribution is -2.39. The third-order valence-electron chi connectivity index (χ3n) is 3.23. The first-order valence-electron chi connectivity index (χ1n) is 7.05. The average Bonchev–Trinajstić information content (AvgIpc) is 2.38. The van der Waals surface area contributed by atoms with Crippen LogP contribution in [0, 0.1) is 0 Å². The van der Waals surface area contributed by atoms with Crippen molar-refractivity contribution in [1.29, 1.82) is 0 Å². The number of nitrogens with one attached hydrogen (secondary N) is 1. The van der Waals surface area contributed by atoms with Gasteiger partial charge < -0.3 is 10.1 Å². The van der Waals surface area contributed by atoms with Crippen LogP contribution < -0.4 is 5.32 Å². The van der Waals surface area contributed by atoms with Gasteiger partial charge in [-0.3, -0.25) is 0 Å². The molecule has 0 saturated heterocycles. The number of benzene rings is 1. The highest BCUT2D eigenvalue weighted by Gasteiger charge is 2.10. The van der Waals surface area contributed by atoms with E-state index in [1.807, 2.05) is 0 Å². The molecule has 2 atom stereocenters. The van der Waals surface area contributed by atoms with Gasteiger partial charge in [0.05, 0.1) is 6.61 Å². The van der Waals surface area contributed by atoms with Gasteiger partial charge in [-0.2, -0.15) is 0 Å². The summed E-state index contributed by atoms with van der Waals surface area (Å²) in [4.78, 5) is 0. The Morgan fingerprint density at radius 1 is 1.17 bits per heavy atom. The van der Waals surface area contributed by atoms with E-state index in [0.29, 0.717) is 12.1 Å². The van der Waals surface area contributed by atoms with E-state index >= 15 is 0 Å². The maximum atomic E-state index is 5.26. The maximum Gasteiger partial charge on any atom is 0.0615 e. The minimum atomic E-state index is 0.491. The molecule has 0 fully saturated rings. The van der Waals surface area contributed by atoms with Crippen LogP contribution in [-0.2, 0) is 11.2 Å². The van der Waals surface area contributed by atoms with Gasteiger partial charge in [0, 0.05) is 19.2 Å². The lowest BCUT2D eigenvalue weighted by Gasteiger charge is -2.22. The lowest BCUT2D eigenvalue weighted by atomic mass is 10.0. The molecule has 1 rings (SSSR count). The van der Waals surface area contributed by atoms with E-state index in [1.165, 1.54) is 24.8 Å². The minimum Gasteiger partial charge on any atom is -0.383 e. The summed E-state index contributed by atoms with van der Waals surface area (Å²) in [6.45, 7) is 5.30. The van der Waals surface area contributed by atoms with E-state index < -0.39 is 0 Å². The Bertz CT molecular complexity index is 293. The van der Waals surface area contributed by atoms with E-state index in [4.69, 9.17) is 4.74 Å². The Morgan fingerprint density at radius 3 is 2.50 bits per heavy atom. The van der Waals surface area contributed by atoms with Crippen LogP contribution >= 0.6 is 0 Å². The highest BCUT2D eigenvalue weighted by molar-refractivity contribution is 5.14. The zero-order valence-corrected chi connectivity index (χ0v) is 12.0. The molecule has 0 radical (unpaired) electrons. The summed E-state index contributed by atoms with van der Waals surface area (Å²) in [5.41, 5.74) is 1.42.